The molecule has 0 saturated carbocycles. The average molecular weight is 352 g/mol. The summed E-state index contributed by atoms with van der Waals surface area (Å²) in [6.07, 6.45) is 2.55. The van der Waals surface area contributed by atoms with Crippen molar-refractivity contribution in [3.63, 3.8) is 0 Å². The first-order chi connectivity index (χ1) is 10.5. The number of thiocarbonyl (C=S) groups is 1. The molecule has 1 aromatic heterocycles. The molecule has 0 spiro atoms. The van der Waals surface area contributed by atoms with E-state index >= 15 is 0 Å². The summed E-state index contributed by atoms with van der Waals surface area (Å²) in [5.41, 5.74) is 0.977. The maximum atomic E-state index is 12.2. The minimum absolute atomic E-state index is 0.113. The molecule has 0 aliphatic heterocycles. The minimum atomic E-state index is -3.85. The Bertz CT molecular complexity index is 715. The predicted molar refractivity (Wildman–Crippen MR) is 90.8 cm³/mol. The molecule has 0 bridgehead atoms. The molecule has 7 heteroatoms. The van der Waals surface area contributed by atoms with Gasteiger partial charge in [-0.05, 0) is 31.2 Å². The van der Waals surface area contributed by atoms with Gasteiger partial charge in [-0.1, -0.05) is 29.9 Å². The number of pyridine rings is 1. The van der Waals surface area contributed by atoms with Crippen LogP contribution in [0.4, 0.5) is 0 Å². The number of nitrogens with zero attached hydrogens (tertiary/aromatic N) is 1. The van der Waals surface area contributed by atoms with Crippen LogP contribution in [0.25, 0.3) is 0 Å². The molecule has 2 rings (SSSR count). The van der Waals surface area contributed by atoms with Gasteiger partial charge in [0.25, 0.3) is 10.1 Å². The molecule has 4 nitrogen and oxygen atoms in total. The van der Waals surface area contributed by atoms with E-state index in [1.54, 1.807) is 24.5 Å². The van der Waals surface area contributed by atoms with Crippen molar-refractivity contribution >= 4 is 39.5 Å². The topological polar surface area (TPSA) is 56.3 Å². The summed E-state index contributed by atoms with van der Waals surface area (Å²) in [5, 5.41) is 2.46. The zero-order valence-electron chi connectivity index (χ0n) is 11.8. The molecule has 0 saturated heterocycles. The SMILES string of the molecule is Cc1ccc(S(=O)(=O)OC([C]=S)CSc2ccncc2)cc1. The Morgan fingerprint density at radius 2 is 1.86 bits per heavy atom. The van der Waals surface area contributed by atoms with Crippen LogP contribution in [0.3, 0.4) is 0 Å². The summed E-state index contributed by atoms with van der Waals surface area (Å²) < 4.78 is 29.5. The van der Waals surface area contributed by atoms with Gasteiger partial charge in [-0.25, -0.2) is 0 Å². The van der Waals surface area contributed by atoms with Crippen LogP contribution in [0.2, 0.25) is 0 Å². The van der Waals surface area contributed by atoms with Gasteiger partial charge in [0.15, 0.2) is 0 Å². The number of benzene rings is 1. The van der Waals surface area contributed by atoms with Gasteiger partial charge in [-0.2, -0.15) is 8.42 Å². The monoisotopic (exact) mass is 352 g/mol. The maximum Gasteiger partial charge on any atom is 0.297 e. The second kappa shape index (κ2) is 7.82. The first-order valence-electron chi connectivity index (χ1n) is 6.42. The second-order valence-corrected chi connectivity index (χ2v) is 7.37. The maximum absolute atomic E-state index is 12.2. The summed E-state index contributed by atoms with van der Waals surface area (Å²) in [6, 6.07) is 10.1. The van der Waals surface area contributed by atoms with Crippen LogP contribution in [0.15, 0.2) is 58.6 Å². The van der Waals surface area contributed by atoms with Gasteiger partial charge in [0.2, 0.25) is 0 Å². The second-order valence-electron chi connectivity index (χ2n) is 4.46. The molecule has 115 valence electrons. The average Bonchev–Trinajstić information content (AvgIpc) is 2.52. The van der Waals surface area contributed by atoms with Crippen molar-refractivity contribution in [1.82, 2.24) is 4.98 Å². The standard InChI is InChI=1S/C15H14NO3S3/c1-12-2-4-15(5-3-12)22(17,18)19-13(10-20)11-21-14-6-8-16-9-7-14/h2-9,13H,11H2,1H3. The summed E-state index contributed by atoms with van der Waals surface area (Å²) in [6.45, 7) is 1.89. The van der Waals surface area contributed by atoms with E-state index in [4.69, 9.17) is 16.4 Å². The Hall–Kier alpha value is -1.28. The highest BCUT2D eigenvalue weighted by Gasteiger charge is 2.20. The van der Waals surface area contributed by atoms with Crippen molar-refractivity contribution in [3.05, 3.63) is 54.4 Å². The summed E-state index contributed by atoms with van der Waals surface area (Å²) >= 11 is 6.20. The molecule has 2 aromatic rings. The lowest BCUT2D eigenvalue weighted by molar-refractivity contribution is 0.301. The highest BCUT2D eigenvalue weighted by atomic mass is 32.2. The van der Waals surface area contributed by atoms with Crippen molar-refractivity contribution in [3.8, 4) is 0 Å². The van der Waals surface area contributed by atoms with Crippen molar-refractivity contribution in [2.24, 2.45) is 0 Å². The van der Waals surface area contributed by atoms with Gasteiger partial charge >= 0.3 is 0 Å². The number of rotatable bonds is 7. The lowest BCUT2D eigenvalue weighted by atomic mass is 10.2. The molecule has 0 aliphatic carbocycles. The molecule has 1 heterocycles. The van der Waals surface area contributed by atoms with E-state index in [2.05, 4.69) is 10.4 Å². The van der Waals surface area contributed by atoms with E-state index in [1.807, 2.05) is 19.1 Å². The molecule has 0 fully saturated rings. The molecule has 1 radical (unpaired) electrons. The van der Waals surface area contributed by atoms with E-state index in [1.165, 1.54) is 23.9 Å². The Morgan fingerprint density at radius 3 is 2.45 bits per heavy atom. The first-order valence-corrected chi connectivity index (χ1v) is 9.22. The molecular formula is C15H14NO3S3. The molecule has 1 atom stereocenters. The Labute approximate surface area is 140 Å². The van der Waals surface area contributed by atoms with Crippen molar-refractivity contribution < 1.29 is 12.6 Å². The smallest absolute Gasteiger partial charge is 0.265 e. The molecule has 0 N–H and O–H groups in total. The molecule has 1 aromatic carbocycles. The largest absolute Gasteiger partial charge is 0.297 e. The number of thioether (sulfide) groups is 1. The third kappa shape index (κ3) is 4.88. The molecular weight excluding hydrogens is 338 g/mol. The quantitative estimate of drug-likeness (QED) is 0.433. The summed E-state index contributed by atoms with van der Waals surface area (Å²) in [7, 11) is -3.85. The van der Waals surface area contributed by atoms with Gasteiger partial charge in [0.1, 0.15) is 6.10 Å². The number of aryl methyl sites for hydroxylation is 1. The highest BCUT2D eigenvalue weighted by molar-refractivity contribution is 7.99. The molecule has 0 aliphatic rings. The number of hydrogen-bond acceptors (Lipinski definition) is 6. The highest BCUT2D eigenvalue weighted by Crippen LogP contribution is 2.21. The molecule has 0 amide bonds. The van der Waals surface area contributed by atoms with Crippen LogP contribution in [0.5, 0.6) is 0 Å². The third-order valence-corrected chi connectivity index (χ3v) is 5.41. The van der Waals surface area contributed by atoms with Crippen LogP contribution in [0, 0.1) is 6.92 Å². The minimum Gasteiger partial charge on any atom is -0.265 e. The van der Waals surface area contributed by atoms with Gasteiger partial charge < -0.3 is 0 Å². The van der Waals surface area contributed by atoms with Gasteiger partial charge in [-0.15, -0.1) is 11.8 Å². The van der Waals surface area contributed by atoms with E-state index in [9.17, 15) is 8.42 Å². The lowest BCUT2D eigenvalue weighted by Crippen LogP contribution is -2.21. The van der Waals surface area contributed by atoms with E-state index < -0.39 is 16.2 Å². The number of aromatic nitrogens is 1. The lowest BCUT2D eigenvalue weighted by Gasteiger charge is -2.12. The van der Waals surface area contributed by atoms with E-state index in [0.717, 1.165) is 10.5 Å². The molecule has 22 heavy (non-hydrogen) atoms. The zero-order chi connectivity index (χ0) is 16.0. The van der Waals surface area contributed by atoms with Crippen molar-refractivity contribution in [1.29, 1.82) is 0 Å². The van der Waals surface area contributed by atoms with E-state index in [0.29, 0.717) is 5.75 Å². The van der Waals surface area contributed by atoms with Crippen molar-refractivity contribution in [2.45, 2.75) is 22.8 Å². The van der Waals surface area contributed by atoms with Crippen LogP contribution >= 0.6 is 24.0 Å². The number of hydrogen-bond donors (Lipinski definition) is 0. The first kappa shape index (κ1) is 17.1. The Balaban J connectivity index is 2.02. The van der Waals surface area contributed by atoms with Gasteiger partial charge in [-0.3, -0.25) is 9.17 Å². The molecule has 1 unspecified atom stereocenters. The summed E-state index contributed by atoms with van der Waals surface area (Å²) in [5.74, 6) is 0.360. The van der Waals surface area contributed by atoms with E-state index in [-0.39, 0.29) is 4.90 Å². The predicted octanol–water partition coefficient (Wildman–Crippen LogP) is 3.13. The fourth-order valence-corrected chi connectivity index (χ4v) is 3.80. The summed E-state index contributed by atoms with van der Waals surface area (Å²) in [4.78, 5) is 5.00. The van der Waals surface area contributed by atoms with Gasteiger partial charge in [0.05, 0.1) is 10.3 Å². The van der Waals surface area contributed by atoms with Gasteiger partial charge in [0, 0.05) is 23.0 Å². The fourth-order valence-electron chi connectivity index (χ4n) is 1.60. The fraction of sp³-hybridized carbons (Fsp3) is 0.200. The van der Waals surface area contributed by atoms with Crippen LogP contribution < -0.4 is 0 Å². The zero-order valence-corrected chi connectivity index (χ0v) is 14.2. The van der Waals surface area contributed by atoms with Crippen LogP contribution in [0.1, 0.15) is 5.56 Å². The normalized spacial score (nSPS) is 12.8. The van der Waals surface area contributed by atoms with Crippen LogP contribution in [-0.2, 0) is 14.3 Å². The van der Waals surface area contributed by atoms with Crippen LogP contribution in [-0.4, -0.2) is 30.6 Å². The Morgan fingerprint density at radius 1 is 1.23 bits per heavy atom. The van der Waals surface area contributed by atoms with Crippen molar-refractivity contribution in [2.75, 3.05) is 5.75 Å². The third-order valence-electron chi connectivity index (χ3n) is 2.74. The Kier molecular flexibility index (Phi) is 6.07.